The lowest BCUT2D eigenvalue weighted by Gasteiger charge is -2.34. The van der Waals surface area contributed by atoms with Gasteiger partial charge in [0.1, 0.15) is 0 Å². The molecule has 6 nitrogen and oxygen atoms in total. The molecule has 1 saturated heterocycles. The van der Waals surface area contributed by atoms with Crippen molar-refractivity contribution in [3.05, 3.63) is 58.3 Å². The van der Waals surface area contributed by atoms with Gasteiger partial charge in [-0.25, -0.2) is 8.42 Å². The lowest BCUT2D eigenvalue weighted by Crippen LogP contribution is -2.50. The molecule has 9 heteroatoms. The van der Waals surface area contributed by atoms with Crippen LogP contribution < -0.4 is 0 Å². The Bertz CT molecular complexity index is 883. The lowest BCUT2D eigenvalue weighted by molar-refractivity contribution is 0.0697. The molecule has 1 aliphatic rings. The number of amides is 1. The van der Waals surface area contributed by atoms with E-state index in [1.165, 1.54) is 28.7 Å². The van der Waals surface area contributed by atoms with Gasteiger partial charge in [-0.2, -0.15) is 4.31 Å². The molecule has 0 spiro atoms. The van der Waals surface area contributed by atoms with Crippen LogP contribution in [0.25, 0.3) is 0 Å². The van der Waals surface area contributed by atoms with Crippen LogP contribution in [0.3, 0.4) is 0 Å². The van der Waals surface area contributed by atoms with Gasteiger partial charge in [0.2, 0.25) is 10.0 Å². The number of carbonyl (C=O) groups excluding carboxylic acids is 1. The van der Waals surface area contributed by atoms with Gasteiger partial charge in [0.25, 0.3) is 5.91 Å². The highest BCUT2D eigenvalue weighted by Crippen LogP contribution is 2.27. The first-order valence-corrected chi connectivity index (χ1v) is 9.74. The summed E-state index contributed by atoms with van der Waals surface area (Å²) in [5, 5.41) is 0.487. The van der Waals surface area contributed by atoms with Crippen molar-refractivity contribution in [3.63, 3.8) is 0 Å². The number of pyridine rings is 1. The lowest BCUT2D eigenvalue weighted by atomic mass is 10.2. The number of piperazine rings is 1. The van der Waals surface area contributed by atoms with Crippen LogP contribution in [0.4, 0.5) is 0 Å². The molecule has 1 aliphatic heterocycles. The van der Waals surface area contributed by atoms with Crippen molar-refractivity contribution in [2.24, 2.45) is 0 Å². The predicted octanol–water partition coefficient (Wildman–Crippen LogP) is 2.54. The molecule has 0 aliphatic carbocycles. The second kappa shape index (κ2) is 7.29. The molecule has 1 aromatic heterocycles. The van der Waals surface area contributed by atoms with E-state index in [1.807, 2.05) is 0 Å². The standard InChI is InChI=1S/C16H15Cl2N3O3S/c17-14-4-3-13(10-15(14)18)25(23,24)21-8-6-20(7-9-21)16(22)12-2-1-5-19-11-12/h1-5,10-11H,6-9H2. The largest absolute Gasteiger partial charge is 0.336 e. The van der Waals surface area contributed by atoms with Crippen LogP contribution >= 0.6 is 23.2 Å². The van der Waals surface area contributed by atoms with Crippen molar-refractivity contribution >= 4 is 39.1 Å². The van der Waals surface area contributed by atoms with Crippen LogP contribution in [0.5, 0.6) is 0 Å². The van der Waals surface area contributed by atoms with E-state index in [1.54, 1.807) is 23.2 Å². The van der Waals surface area contributed by atoms with Gasteiger partial charge in [-0.05, 0) is 30.3 Å². The fourth-order valence-corrected chi connectivity index (χ4v) is 4.40. The maximum Gasteiger partial charge on any atom is 0.255 e. The average molecular weight is 400 g/mol. The molecule has 25 heavy (non-hydrogen) atoms. The Labute approximate surface area is 156 Å². The molecule has 2 heterocycles. The van der Waals surface area contributed by atoms with E-state index in [2.05, 4.69) is 4.98 Å². The van der Waals surface area contributed by atoms with E-state index in [4.69, 9.17) is 23.2 Å². The Balaban J connectivity index is 1.71. The van der Waals surface area contributed by atoms with E-state index in [-0.39, 0.29) is 28.9 Å². The van der Waals surface area contributed by atoms with E-state index in [9.17, 15) is 13.2 Å². The summed E-state index contributed by atoms with van der Waals surface area (Å²) < 4.78 is 26.8. The van der Waals surface area contributed by atoms with E-state index in [0.717, 1.165) is 0 Å². The zero-order valence-electron chi connectivity index (χ0n) is 13.1. The molecule has 0 saturated carbocycles. The molecule has 0 unspecified atom stereocenters. The topological polar surface area (TPSA) is 70.6 Å². The summed E-state index contributed by atoms with van der Waals surface area (Å²) in [7, 11) is -3.68. The van der Waals surface area contributed by atoms with E-state index in [0.29, 0.717) is 23.7 Å². The van der Waals surface area contributed by atoms with Crippen molar-refractivity contribution in [2.75, 3.05) is 26.2 Å². The summed E-state index contributed by atoms with van der Waals surface area (Å²) in [6, 6.07) is 7.61. The number of nitrogens with zero attached hydrogens (tertiary/aromatic N) is 3. The Morgan fingerprint density at radius 1 is 1.04 bits per heavy atom. The number of aromatic nitrogens is 1. The van der Waals surface area contributed by atoms with Gasteiger partial charge in [-0.3, -0.25) is 9.78 Å². The second-order valence-electron chi connectivity index (χ2n) is 5.51. The molecule has 0 bridgehead atoms. The van der Waals surface area contributed by atoms with Crippen LogP contribution in [0.15, 0.2) is 47.6 Å². The molecular formula is C16H15Cl2N3O3S. The van der Waals surface area contributed by atoms with Gasteiger partial charge in [0.05, 0.1) is 20.5 Å². The smallest absolute Gasteiger partial charge is 0.255 e. The number of benzene rings is 1. The summed E-state index contributed by atoms with van der Waals surface area (Å²) >= 11 is 11.8. The second-order valence-corrected chi connectivity index (χ2v) is 8.27. The van der Waals surface area contributed by atoms with Crippen molar-refractivity contribution in [2.45, 2.75) is 4.90 Å². The highest BCUT2D eigenvalue weighted by atomic mass is 35.5. The molecule has 0 N–H and O–H groups in total. The Kier molecular flexibility index (Phi) is 5.29. The zero-order valence-corrected chi connectivity index (χ0v) is 15.4. The minimum atomic E-state index is -3.68. The van der Waals surface area contributed by atoms with Crippen molar-refractivity contribution in [1.82, 2.24) is 14.2 Å². The monoisotopic (exact) mass is 399 g/mol. The molecule has 132 valence electrons. The maximum absolute atomic E-state index is 12.7. The highest BCUT2D eigenvalue weighted by molar-refractivity contribution is 7.89. The first-order chi connectivity index (χ1) is 11.9. The maximum atomic E-state index is 12.7. The molecule has 2 aromatic rings. The zero-order chi connectivity index (χ0) is 18.0. The first-order valence-electron chi connectivity index (χ1n) is 7.54. The van der Waals surface area contributed by atoms with Crippen LogP contribution in [0, 0.1) is 0 Å². The van der Waals surface area contributed by atoms with Crippen LogP contribution in [0.1, 0.15) is 10.4 Å². The summed E-state index contributed by atoms with van der Waals surface area (Å²) in [6.07, 6.45) is 3.10. The Morgan fingerprint density at radius 2 is 1.76 bits per heavy atom. The molecular weight excluding hydrogens is 385 g/mol. The third-order valence-corrected chi connectivity index (χ3v) is 6.60. The van der Waals surface area contributed by atoms with Crippen molar-refractivity contribution < 1.29 is 13.2 Å². The molecule has 1 amide bonds. The van der Waals surface area contributed by atoms with Crippen molar-refractivity contribution in [1.29, 1.82) is 0 Å². The SMILES string of the molecule is O=C(c1cccnc1)N1CCN(S(=O)(=O)c2ccc(Cl)c(Cl)c2)CC1. The molecule has 1 aromatic carbocycles. The van der Waals surface area contributed by atoms with Gasteiger partial charge < -0.3 is 4.90 Å². The fourth-order valence-electron chi connectivity index (χ4n) is 2.59. The van der Waals surface area contributed by atoms with Crippen molar-refractivity contribution in [3.8, 4) is 0 Å². The Morgan fingerprint density at radius 3 is 2.36 bits per heavy atom. The fraction of sp³-hybridized carbons (Fsp3) is 0.250. The van der Waals surface area contributed by atoms with Gasteiger partial charge in [-0.15, -0.1) is 0 Å². The molecule has 0 radical (unpaired) electrons. The normalized spacial score (nSPS) is 16.0. The highest BCUT2D eigenvalue weighted by Gasteiger charge is 2.30. The average Bonchev–Trinajstić information content (AvgIpc) is 2.64. The summed E-state index contributed by atoms with van der Waals surface area (Å²) in [5.41, 5.74) is 0.489. The van der Waals surface area contributed by atoms with E-state index >= 15 is 0 Å². The minimum absolute atomic E-state index is 0.0916. The summed E-state index contributed by atoms with van der Waals surface area (Å²) in [5.74, 6) is -0.153. The number of carbonyl (C=O) groups is 1. The van der Waals surface area contributed by atoms with Crippen LogP contribution in [0.2, 0.25) is 10.0 Å². The van der Waals surface area contributed by atoms with Gasteiger partial charge >= 0.3 is 0 Å². The number of rotatable bonds is 3. The third-order valence-electron chi connectivity index (χ3n) is 3.96. The summed E-state index contributed by atoms with van der Waals surface area (Å²) in [4.78, 5) is 18.0. The molecule has 3 rings (SSSR count). The van der Waals surface area contributed by atoms with Gasteiger partial charge in [0, 0.05) is 38.6 Å². The van der Waals surface area contributed by atoms with Gasteiger partial charge in [0.15, 0.2) is 0 Å². The quantitative estimate of drug-likeness (QED) is 0.794. The number of sulfonamides is 1. The summed E-state index contributed by atoms with van der Waals surface area (Å²) in [6.45, 7) is 1.06. The van der Waals surface area contributed by atoms with Crippen LogP contribution in [-0.2, 0) is 10.0 Å². The van der Waals surface area contributed by atoms with E-state index < -0.39 is 10.0 Å². The Hall–Kier alpha value is -1.67. The van der Waals surface area contributed by atoms with Crippen LogP contribution in [-0.4, -0.2) is 54.7 Å². The first kappa shape index (κ1) is 18.1. The third kappa shape index (κ3) is 3.79. The number of hydrogen-bond donors (Lipinski definition) is 0. The predicted molar refractivity (Wildman–Crippen MR) is 95.4 cm³/mol. The minimum Gasteiger partial charge on any atom is -0.336 e. The number of halogens is 2. The van der Waals surface area contributed by atoms with Gasteiger partial charge in [-0.1, -0.05) is 23.2 Å². The molecule has 0 atom stereocenters. The number of hydrogen-bond acceptors (Lipinski definition) is 4. The molecule has 1 fully saturated rings.